The topological polar surface area (TPSA) is 132 Å². The number of alkyl halides is 1. The van der Waals surface area contributed by atoms with E-state index in [1.54, 1.807) is 0 Å². The van der Waals surface area contributed by atoms with Gasteiger partial charge in [-0.15, -0.1) is 5.10 Å². The summed E-state index contributed by atoms with van der Waals surface area (Å²) in [6.07, 6.45) is 0.777. The van der Waals surface area contributed by atoms with E-state index in [0.29, 0.717) is 25.1 Å². The standard InChI is InChI=1S/C14H20FN5O4/c15-14(4-2-11-16-18-19-17-11)3-1-8-7-20(13(23)24)10(12(21)22)5-9(8)6-14/h8-10H,1-7H2,(H,21,22)(H,23,24)(H,16,17,18,19)/t8-,9-,10-,14?/m0/s1. The van der Waals surface area contributed by atoms with Crippen LogP contribution in [0.15, 0.2) is 0 Å². The lowest BCUT2D eigenvalue weighted by Crippen LogP contribution is -2.55. The third kappa shape index (κ3) is 3.31. The van der Waals surface area contributed by atoms with Crippen LogP contribution in [0.2, 0.25) is 0 Å². The number of fused-ring (bicyclic) bond motifs is 1. The van der Waals surface area contributed by atoms with E-state index in [1.165, 1.54) is 0 Å². The third-order valence-electron chi connectivity index (χ3n) is 5.32. The van der Waals surface area contributed by atoms with Crippen LogP contribution >= 0.6 is 0 Å². The van der Waals surface area contributed by atoms with Gasteiger partial charge in [0.25, 0.3) is 0 Å². The van der Waals surface area contributed by atoms with Gasteiger partial charge < -0.3 is 10.2 Å². The Balaban J connectivity index is 1.66. The van der Waals surface area contributed by atoms with E-state index in [1.807, 2.05) is 0 Å². The van der Waals surface area contributed by atoms with Gasteiger partial charge in [-0.05, 0) is 54.4 Å². The predicted octanol–water partition coefficient (Wildman–Crippen LogP) is 1.09. The monoisotopic (exact) mass is 341 g/mol. The first-order valence-electron chi connectivity index (χ1n) is 8.02. The Hall–Kier alpha value is -2.26. The number of aryl methyl sites for hydroxylation is 1. The number of tetrazole rings is 1. The van der Waals surface area contributed by atoms with E-state index < -0.39 is 23.8 Å². The van der Waals surface area contributed by atoms with E-state index in [9.17, 15) is 19.8 Å². The molecule has 3 N–H and O–H groups in total. The number of nitrogens with one attached hydrogen (secondary N) is 1. The number of carboxylic acids is 1. The van der Waals surface area contributed by atoms with Crippen LogP contribution in [0, 0.1) is 11.8 Å². The average Bonchev–Trinajstić information content (AvgIpc) is 3.05. The van der Waals surface area contributed by atoms with Gasteiger partial charge in [-0.3, -0.25) is 4.90 Å². The SMILES string of the molecule is O=C(O)[C@@H]1C[C@H]2CC(F)(CCc3nnn[nH]3)CC[C@H]2CN1C(=O)O. The fourth-order valence-corrected chi connectivity index (χ4v) is 4.03. The van der Waals surface area contributed by atoms with E-state index in [0.717, 1.165) is 4.90 Å². The molecule has 10 heteroatoms. The molecule has 2 aliphatic rings. The lowest BCUT2D eigenvalue weighted by molar-refractivity contribution is -0.146. The number of hydrogen-bond donors (Lipinski definition) is 3. The molecule has 1 unspecified atom stereocenters. The largest absolute Gasteiger partial charge is 0.480 e. The van der Waals surface area contributed by atoms with Crippen molar-refractivity contribution in [2.75, 3.05) is 6.54 Å². The minimum absolute atomic E-state index is 0.0209. The number of rotatable bonds is 4. The molecule has 9 nitrogen and oxygen atoms in total. The Bertz CT molecular complexity index is 612. The molecule has 2 heterocycles. The van der Waals surface area contributed by atoms with Gasteiger partial charge in [-0.2, -0.15) is 0 Å². The molecule has 1 saturated carbocycles. The van der Waals surface area contributed by atoms with Crippen LogP contribution in [-0.2, 0) is 11.2 Å². The number of hydrogen-bond acceptors (Lipinski definition) is 5. The summed E-state index contributed by atoms with van der Waals surface area (Å²) in [7, 11) is 0. The van der Waals surface area contributed by atoms with Crippen molar-refractivity contribution in [3.63, 3.8) is 0 Å². The smallest absolute Gasteiger partial charge is 0.408 e. The minimum atomic E-state index is -1.39. The number of aliphatic carboxylic acids is 1. The summed E-state index contributed by atoms with van der Waals surface area (Å²) >= 11 is 0. The molecule has 1 aromatic rings. The van der Waals surface area contributed by atoms with Crippen molar-refractivity contribution in [1.82, 2.24) is 25.5 Å². The molecule has 0 bridgehead atoms. The van der Waals surface area contributed by atoms with Crippen LogP contribution in [0.1, 0.15) is 37.9 Å². The zero-order chi connectivity index (χ0) is 17.3. The van der Waals surface area contributed by atoms with Gasteiger partial charge in [0.05, 0.1) is 0 Å². The Labute approximate surface area is 137 Å². The number of nitrogens with zero attached hydrogens (tertiary/aromatic N) is 4. The predicted molar refractivity (Wildman–Crippen MR) is 77.9 cm³/mol. The van der Waals surface area contributed by atoms with Crippen molar-refractivity contribution >= 4 is 12.1 Å². The normalized spacial score (nSPS) is 33.0. The maximum Gasteiger partial charge on any atom is 0.408 e. The molecular weight excluding hydrogens is 321 g/mol. The molecule has 1 aliphatic heterocycles. The number of carbonyl (C=O) groups is 2. The Morgan fingerprint density at radius 3 is 2.79 bits per heavy atom. The third-order valence-corrected chi connectivity index (χ3v) is 5.32. The molecule has 4 atom stereocenters. The van der Waals surface area contributed by atoms with Crippen LogP contribution in [-0.4, -0.2) is 66.1 Å². The lowest BCUT2D eigenvalue weighted by Gasteiger charge is -2.47. The maximum atomic E-state index is 15.2. The van der Waals surface area contributed by atoms with E-state index in [2.05, 4.69) is 20.6 Å². The number of amides is 1. The van der Waals surface area contributed by atoms with E-state index in [4.69, 9.17) is 0 Å². The number of aromatic nitrogens is 4. The van der Waals surface area contributed by atoms with Crippen LogP contribution < -0.4 is 0 Å². The second-order valence-corrected chi connectivity index (χ2v) is 6.79. The fourth-order valence-electron chi connectivity index (χ4n) is 4.03. The summed E-state index contributed by atoms with van der Waals surface area (Å²) in [5, 5.41) is 31.8. The summed E-state index contributed by atoms with van der Waals surface area (Å²) in [5.74, 6) is -0.738. The molecule has 1 aromatic heterocycles. The molecule has 24 heavy (non-hydrogen) atoms. The van der Waals surface area contributed by atoms with Gasteiger partial charge in [-0.25, -0.2) is 19.1 Å². The molecule has 1 aliphatic carbocycles. The molecule has 1 amide bonds. The highest BCUT2D eigenvalue weighted by molar-refractivity contribution is 5.79. The fraction of sp³-hybridized carbons (Fsp3) is 0.786. The quantitative estimate of drug-likeness (QED) is 0.746. The summed E-state index contributed by atoms with van der Waals surface area (Å²) in [5.41, 5.74) is -1.39. The summed E-state index contributed by atoms with van der Waals surface area (Å²) in [4.78, 5) is 23.6. The molecule has 3 rings (SSSR count). The molecular formula is C14H20FN5O4. The van der Waals surface area contributed by atoms with Crippen LogP contribution in [0.25, 0.3) is 0 Å². The highest BCUT2D eigenvalue weighted by Gasteiger charge is 2.48. The number of likely N-dealkylation sites (tertiary alicyclic amines) is 1. The van der Waals surface area contributed by atoms with Gasteiger partial charge in [0, 0.05) is 13.0 Å². The van der Waals surface area contributed by atoms with E-state index in [-0.39, 0.29) is 37.6 Å². The van der Waals surface area contributed by atoms with Gasteiger partial charge in [0.1, 0.15) is 17.5 Å². The van der Waals surface area contributed by atoms with Gasteiger partial charge >= 0.3 is 12.1 Å². The molecule has 0 radical (unpaired) electrons. The Morgan fingerprint density at radius 1 is 1.38 bits per heavy atom. The molecule has 2 fully saturated rings. The lowest BCUT2D eigenvalue weighted by atomic mass is 9.67. The summed E-state index contributed by atoms with van der Waals surface area (Å²) in [6.45, 7) is 0.166. The maximum absolute atomic E-state index is 15.2. The second-order valence-electron chi connectivity index (χ2n) is 6.79. The molecule has 0 aromatic carbocycles. The minimum Gasteiger partial charge on any atom is -0.480 e. The Kier molecular flexibility index (Phi) is 4.37. The van der Waals surface area contributed by atoms with Crippen molar-refractivity contribution in [3.05, 3.63) is 5.82 Å². The number of aromatic amines is 1. The van der Waals surface area contributed by atoms with Gasteiger partial charge in [-0.1, -0.05) is 0 Å². The molecule has 1 saturated heterocycles. The zero-order valence-electron chi connectivity index (χ0n) is 13.1. The number of piperidine rings is 1. The number of carboxylic acid groups (broad SMARTS) is 2. The first-order valence-corrected chi connectivity index (χ1v) is 8.02. The van der Waals surface area contributed by atoms with Crippen LogP contribution in [0.5, 0.6) is 0 Å². The Morgan fingerprint density at radius 2 is 2.17 bits per heavy atom. The molecule has 0 spiro atoms. The van der Waals surface area contributed by atoms with Gasteiger partial charge in [0.2, 0.25) is 0 Å². The average molecular weight is 341 g/mol. The van der Waals surface area contributed by atoms with Gasteiger partial charge in [0.15, 0.2) is 0 Å². The van der Waals surface area contributed by atoms with E-state index >= 15 is 4.39 Å². The zero-order valence-corrected chi connectivity index (χ0v) is 13.1. The van der Waals surface area contributed by atoms with Crippen LogP contribution in [0.4, 0.5) is 9.18 Å². The summed E-state index contributed by atoms with van der Waals surface area (Å²) in [6, 6.07) is -1.09. The first-order chi connectivity index (χ1) is 11.4. The highest BCUT2D eigenvalue weighted by atomic mass is 19.1. The first kappa shape index (κ1) is 16.6. The highest BCUT2D eigenvalue weighted by Crippen LogP contribution is 2.46. The summed E-state index contributed by atoms with van der Waals surface area (Å²) < 4.78 is 15.2. The van der Waals surface area contributed by atoms with Crippen molar-refractivity contribution in [1.29, 1.82) is 0 Å². The van der Waals surface area contributed by atoms with Crippen molar-refractivity contribution in [3.8, 4) is 0 Å². The second kappa shape index (κ2) is 6.33. The number of H-pyrrole nitrogens is 1. The van der Waals surface area contributed by atoms with Crippen molar-refractivity contribution in [2.45, 2.75) is 50.2 Å². The number of halogens is 1. The molecule has 132 valence electrons. The van der Waals surface area contributed by atoms with Crippen molar-refractivity contribution < 1.29 is 24.2 Å². The van der Waals surface area contributed by atoms with Crippen LogP contribution in [0.3, 0.4) is 0 Å². The van der Waals surface area contributed by atoms with Crippen molar-refractivity contribution in [2.24, 2.45) is 11.8 Å².